The van der Waals surface area contributed by atoms with E-state index in [1.54, 1.807) is 12.2 Å². The summed E-state index contributed by atoms with van der Waals surface area (Å²) in [4.78, 5) is 25.4. The summed E-state index contributed by atoms with van der Waals surface area (Å²) in [6.07, 6.45) is 2.77. The number of nitrogens with zero attached hydrogens (tertiary/aromatic N) is 1. The predicted octanol–water partition coefficient (Wildman–Crippen LogP) is 0.515. The third kappa shape index (κ3) is 1.62. The van der Waals surface area contributed by atoms with Gasteiger partial charge < -0.3 is 19.5 Å². The van der Waals surface area contributed by atoms with E-state index >= 15 is 0 Å². The number of amides is 1. The molecule has 1 aromatic rings. The van der Waals surface area contributed by atoms with Crippen LogP contribution in [0, 0.1) is 17.7 Å². The number of carbonyl (C=O) groups is 2. The molecule has 3 aliphatic heterocycles. The van der Waals surface area contributed by atoms with Crippen LogP contribution >= 0.6 is 11.6 Å². The maximum atomic E-state index is 13.3. The molecule has 1 spiro atoms. The Morgan fingerprint density at radius 1 is 1.50 bits per heavy atom. The molecule has 0 radical (unpaired) electrons. The first-order valence-corrected chi connectivity index (χ1v) is 7.15. The van der Waals surface area contributed by atoms with Gasteiger partial charge in [0.05, 0.1) is 23.6 Å². The molecule has 114 valence electrons. The van der Waals surface area contributed by atoms with Gasteiger partial charge in [-0.1, -0.05) is 23.8 Å². The van der Waals surface area contributed by atoms with Gasteiger partial charge in [0.25, 0.3) is 0 Å². The number of fused-ring (bicyclic) bond motifs is 1. The zero-order chi connectivity index (χ0) is 15.6. The molecule has 4 atom stereocenters. The molecule has 2 bridgehead atoms. The quantitative estimate of drug-likeness (QED) is 0.744. The number of rotatable bonds is 2. The van der Waals surface area contributed by atoms with Gasteiger partial charge in [-0.25, -0.2) is 4.39 Å². The fourth-order valence-corrected chi connectivity index (χ4v) is 3.81. The molecule has 1 amide bonds. The lowest BCUT2D eigenvalue weighted by atomic mass is 9.77. The van der Waals surface area contributed by atoms with Crippen molar-refractivity contribution in [3.8, 4) is 0 Å². The molecule has 5 nitrogen and oxygen atoms in total. The average Bonchev–Trinajstić information content (AvgIpc) is 3.10. The summed E-state index contributed by atoms with van der Waals surface area (Å²) in [6, 6.07) is 3.94. The monoisotopic (exact) mass is 322 g/mol. The van der Waals surface area contributed by atoms with Crippen molar-refractivity contribution in [3.63, 3.8) is 0 Å². The zero-order valence-electron chi connectivity index (χ0n) is 11.2. The first-order chi connectivity index (χ1) is 10.4. The van der Waals surface area contributed by atoms with Gasteiger partial charge in [0.15, 0.2) is 0 Å². The Kier molecular flexibility index (Phi) is 2.68. The number of carboxylic acid groups (broad SMARTS) is 1. The Hall–Kier alpha value is -1.92. The summed E-state index contributed by atoms with van der Waals surface area (Å²) in [5.41, 5.74) is -0.536. The van der Waals surface area contributed by atoms with Gasteiger partial charge in [-0.2, -0.15) is 0 Å². The van der Waals surface area contributed by atoms with Gasteiger partial charge in [-0.05, 0) is 18.2 Å². The highest BCUT2D eigenvalue weighted by atomic mass is 35.5. The second kappa shape index (κ2) is 4.30. The van der Waals surface area contributed by atoms with E-state index in [1.807, 2.05) is 0 Å². The van der Waals surface area contributed by atoms with Crippen LogP contribution in [0.1, 0.15) is 0 Å². The third-order valence-corrected chi connectivity index (χ3v) is 4.88. The lowest BCUT2D eigenvalue weighted by Crippen LogP contribution is -2.45. The Labute approximate surface area is 129 Å². The number of aliphatic carboxylic acids is 1. The van der Waals surface area contributed by atoms with Crippen LogP contribution in [0.2, 0.25) is 5.02 Å². The molecule has 4 rings (SSSR count). The molecule has 1 aromatic carbocycles. The van der Waals surface area contributed by atoms with E-state index in [9.17, 15) is 19.1 Å². The van der Waals surface area contributed by atoms with Crippen molar-refractivity contribution in [2.45, 2.75) is 11.7 Å². The number of halogens is 2. The number of benzene rings is 1. The standard InChI is InChI=1S/C15H11ClFNO4/c16-8-5-7(1-2-9(8)17)18-6-15-4-3-10(22-15)11(14(20)21)12(15)13(18)19/h1-5,10-12H,6H2,(H,20,21)/p-1/t10-,11-,12+,15-/m0/s1. The number of carboxylic acids is 1. The topological polar surface area (TPSA) is 69.7 Å². The second-order valence-corrected chi connectivity index (χ2v) is 6.15. The molecule has 0 aliphatic carbocycles. The Morgan fingerprint density at radius 2 is 2.27 bits per heavy atom. The second-order valence-electron chi connectivity index (χ2n) is 5.74. The van der Waals surface area contributed by atoms with Gasteiger partial charge >= 0.3 is 0 Å². The Bertz CT molecular complexity index is 736. The molecule has 22 heavy (non-hydrogen) atoms. The van der Waals surface area contributed by atoms with Crippen molar-refractivity contribution < 1.29 is 23.8 Å². The van der Waals surface area contributed by atoms with Crippen LogP contribution in [0.3, 0.4) is 0 Å². The lowest BCUT2D eigenvalue weighted by molar-refractivity contribution is -0.313. The Balaban J connectivity index is 1.74. The summed E-state index contributed by atoms with van der Waals surface area (Å²) in [5.74, 6) is -4.08. The van der Waals surface area contributed by atoms with Gasteiger partial charge in [0.2, 0.25) is 5.91 Å². The van der Waals surface area contributed by atoms with E-state index in [0.717, 1.165) is 0 Å². The van der Waals surface area contributed by atoms with Crippen molar-refractivity contribution in [1.82, 2.24) is 0 Å². The van der Waals surface area contributed by atoms with Crippen LogP contribution in [0.4, 0.5) is 10.1 Å². The first-order valence-electron chi connectivity index (χ1n) is 6.77. The molecule has 7 heteroatoms. The molecular weight excluding hydrogens is 313 g/mol. The molecular formula is C15H10ClFNO4-. The summed E-state index contributed by atoms with van der Waals surface area (Å²) in [7, 11) is 0. The minimum Gasteiger partial charge on any atom is -0.550 e. The molecule has 3 aliphatic rings. The number of hydrogen-bond acceptors (Lipinski definition) is 4. The van der Waals surface area contributed by atoms with E-state index in [2.05, 4.69) is 0 Å². The van der Waals surface area contributed by atoms with Crippen molar-refractivity contribution >= 4 is 29.2 Å². The highest BCUT2D eigenvalue weighted by molar-refractivity contribution is 6.31. The van der Waals surface area contributed by atoms with E-state index in [4.69, 9.17) is 16.3 Å². The summed E-state index contributed by atoms with van der Waals surface area (Å²) in [5, 5.41) is 11.3. The van der Waals surface area contributed by atoms with E-state index in [0.29, 0.717) is 5.69 Å². The maximum Gasteiger partial charge on any atom is 0.234 e. The van der Waals surface area contributed by atoms with Gasteiger partial charge in [-0.15, -0.1) is 0 Å². The van der Waals surface area contributed by atoms with Crippen LogP contribution < -0.4 is 10.0 Å². The van der Waals surface area contributed by atoms with E-state index < -0.39 is 35.3 Å². The van der Waals surface area contributed by atoms with Crippen LogP contribution in [-0.4, -0.2) is 30.1 Å². The van der Waals surface area contributed by atoms with Crippen LogP contribution in [0.25, 0.3) is 0 Å². The largest absolute Gasteiger partial charge is 0.550 e. The van der Waals surface area contributed by atoms with Crippen molar-refractivity contribution in [2.24, 2.45) is 11.8 Å². The minimum absolute atomic E-state index is 0.0999. The van der Waals surface area contributed by atoms with Gasteiger partial charge in [-0.3, -0.25) is 4.79 Å². The lowest BCUT2D eigenvalue weighted by Gasteiger charge is -2.24. The predicted molar refractivity (Wildman–Crippen MR) is 72.5 cm³/mol. The van der Waals surface area contributed by atoms with Crippen LogP contribution in [0.15, 0.2) is 30.4 Å². The third-order valence-electron chi connectivity index (χ3n) is 4.59. The van der Waals surface area contributed by atoms with Gasteiger partial charge in [0.1, 0.15) is 11.4 Å². The molecule has 0 N–H and O–H groups in total. The van der Waals surface area contributed by atoms with Crippen LogP contribution in [0.5, 0.6) is 0 Å². The average molecular weight is 323 g/mol. The number of carbonyl (C=O) groups excluding carboxylic acids is 2. The normalized spacial score (nSPS) is 35.3. The number of ether oxygens (including phenoxy) is 1. The first kappa shape index (κ1) is 13.7. The smallest absolute Gasteiger partial charge is 0.234 e. The molecule has 0 unspecified atom stereocenters. The highest BCUT2D eigenvalue weighted by Gasteiger charge is 2.65. The maximum absolute atomic E-state index is 13.3. The van der Waals surface area contributed by atoms with E-state index in [-0.39, 0.29) is 17.5 Å². The number of anilines is 1. The van der Waals surface area contributed by atoms with Crippen LogP contribution in [-0.2, 0) is 14.3 Å². The van der Waals surface area contributed by atoms with E-state index in [1.165, 1.54) is 23.1 Å². The molecule has 2 saturated heterocycles. The highest BCUT2D eigenvalue weighted by Crippen LogP contribution is 2.52. The molecule has 0 saturated carbocycles. The summed E-state index contributed by atoms with van der Waals surface area (Å²) < 4.78 is 19.0. The number of hydrogen-bond donors (Lipinski definition) is 0. The fourth-order valence-electron chi connectivity index (χ4n) is 3.64. The fraction of sp³-hybridized carbons (Fsp3) is 0.333. The zero-order valence-corrected chi connectivity index (χ0v) is 11.9. The summed E-state index contributed by atoms with van der Waals surface area (Å²) >= 11 is 5.75. The molecule has 2 fully saturated rings. The molecule has 0 aromatic heterocycles. The van der Waals surface area contributed by atoms with Crippen molar-refractivity contribution in [1.29, 1.82) is 0 Å². The SMILES string of the molecule is O=C([O-])[C@H]1[C@@H]2C=C[C@@]3(CN(c4ccc(F)c(Cl)c4)C(=O)[C@@H]13)O2. The minimum atomic E-state index is -1.30. The molecule has 3 heterocycles. The van der Waals surface area contributed by atoms with Crippen molar-refractivity contribution in [3.05, 3.63) is 41.2 Å². The summed E-state index contributed by atoms with van der Waals surface area (Å²) in [6.45, 7) is 0.176. The van der Waals surface area contributed by atoms with Crippen molar-refractivity contribution in [2.75, 3.05) is 11.4 Å². The Morgan fingerprint density at radius 3 is 2.95 bits per heavy atom. The van der Waals surface area contributed by atoms with Gasteiger partial charge in [0, 0.05) is 17.6 Å².